The molecule has 0 N–H and O–H groups in total. The number of benzene rings is 10. The summed E-state index contributed by atoms with van der Waals surface area (Å²) in [6.07, 6.45) is 8.25. The maximum atomic E-state index is 4.16. The summed E-state index contributed by atoms with van der Waals surface area (Å²) in [5.41, 5.74) is 18.3. The topological polar surface area (TPSA) is 13.1 Å². The molecule has 0 atom stereocenters. The van der Waals surface area contributed by atoms with Gasteiger partial charge < -0.3 is 14.0 Å². The van der Waals surface area contributed by atoms with E-state index in [1.807, 2.05) is 12.1 Å². The van der Waals surface area contributed by atoms with Crippen LogP contribution in [-0.4, -0.2) is 9.13 Å². The van der Waals surface area contributed by atoms with Gasteiger partial charge in [-0.25, -0.2) is 0 Å². The highest BCUT2D eigenvalue weighted by molar-refractivity contribution is 6.11. The molecule has 0 saturated heterocycles. The highest BCUT2D eigenvalue weighted by Gasteiger charge is 2.17. The maximum Gasteiger partial charge on any atom is 0.0541 e. The molecule has 326 valence electrons. The summed E-state index contributed by atoms with van der Waals surface area (Å²) >= 11 is 0. The molecule has 3 nitrogen and oxygen atoms in total. The fourth-order valence-electron chi connectivity index (χ4n) is 9.98. The predicted octanol–water partition coefficient (Wildman–Crippen LogP) is 18.0. The first kappa shape index (κ1) is 41.3. The Kier molecular flexibility index (Phi) is 10.7. The number of allylic oxidation sites excluding steroid dienone is 4. The van der Waals surface area contributed by atoms with E-state index >= 15 is 0 Å². The van der Waals surface area contributed by atoms with Crippen LogP contribution < -0.4 is 4.90 Å². The molecule has 0 radical (unpaired) electrons. The first-order chi connectivity index (χ1) is 34.2. The lowest BCUT2D eigenvalue weighted by Crippen LogP contribution is -2.10. The van der Waals surface area contributed by atoms with Crippen molar-refractivity contribution in [2.45, 2.75) is 0 Å². The summed E-state index contributed by atoms with van der Waals surface area (Å²) < 4.78 is 4.73. The first-order valence-corrected chi connectivity index (χ1v) is 23.5. The van der Waals surface area contributed by atoms with Crippen molar-refractivity contribution in [3.05, 3.63) is 285 Å². The molecule has 3 heteroatoms. The summed E-state index contributed by atoms with van der Waals surface area (Å²) in [6, 6.07) is 89.5. The molecule has 0 aliphatic carbocycles. The summed E-state index contributed by atoms with van der Waals surface area (Å²) in [7, 11) is 0. The van der Waals surface area contributed by atoms with Crippen molar-refractivity contribution in [3.8, 4) is 33.6 Å². The predicted molar refractivity (Wildman–Crippen MR) is 294 cm³/mol. The van der Waals surface area contributed by atoms with Crippen molar-refractivity contribution < 1.29 is 0 Å². The van der Waals surface area contributed by atoms with Gasteiger partial charge in [0.05, 0.1) is 22.1 Å². The molecular weight excluding hydrogens is 835 g/mol. The summed E-state index contributed by atoms with van der Waals surface area (Å²) in [5.74, 6) is 0. The van der Waals surface area contributed by atoms with E-state index in [-0.39, 0.29) is 0 Å². The molecule has 0 saturated carbocycles. The van der Waals surface area contributed by atoms with Crippen LogP contribution >= 0.6 is 0 Å². The van der Waals surface area contributed by atoms with E-state index in [1.54, 1.807) is 0 Å². The van der Waals surface area contributed by atoms with Gasteiger partial charge in [-0.15, -0.1) is 0 Å². The molecule has 2 aromatic heterocycles. The Morgan fingerprint density at radius 3 is 1.30 bits per heavy atom. The number of rotatable bonds is 11. The average Bonchev–Trinajstić information content (AvgIpc) is 3.94. The molecule has 0 bridgehead atoms. The van der Waals surface area contributed by atoms with Crippen LogP contribution in [0.1, 0.15) is 11.1 Å². The van der Waals surface area contributed by atoms with Gasteiger partial charge in [-0.1, -0.05) is 189 Å². The van der Waals surface area contributed by atoms with Crippen molar-refractivity contribution in [1.29, 1.82) is 0 Å². The summed E-state index contributed by atoms with van der Waals surface area (Å²) in [4.78, 5) is 2.34. The van der Waals surface area contributed by atoms with E-state index < -0.39 is 0 Å². The van der Waals surface area contributed by atoms with Crippen LogP contribution in [0.5, 0.6) is 0 Å². The Morgan fingerprint density at radius 2 is 0.768 bits per heavy atom. The quantitative estimate of drug-likeness (QED) is 0.118. The van der Waals surface area contributed by atoms with Crippen molar-refractivity contribution >= 4 is 72.3 Å². The third kappa shape index (κ3) is 7.72. The van der Waals surface area contributed by atoms with Crippen LogP contribution in [0.2, 0.25) is 0 Å². The second-order valence-electron chi connectivity index (χ2n) is 17.4. The third-order valence-corrected chi connectivity index (χ3v) is 13.4. The molecule has 12 aromatic rings. The van der Waals surface area contributed by atoms with E-state index in [2.05, 4.69) is 281 Å². The minimum absolute atomic E-state index is 1.06. The monoisotopic (exact) mass is 881 g/mol. The van der Waals surface area contributed by atoms with Gasteiger partial charge in [-0.05, 0) is 130 Å². The molecular formula is C66H47N3. The number of nitrogens with zero attached hydrogens (tertiary/aromatic N) is 3. The van der Waals surface area contributed by atoms with Crippen molar-refractivity contribution in [2.75, 3.05) is 4.90 Å². The van der Waals surface area contributed by atoms with Gasteiger partial charge in [0.2, 0.25) is 0 Å². The third-order valence-electron chi connectivity index (χ3n) is 13.4. The Bertz CT molecular complexity index is 3800. The molecule has 69 heavy (non-hydrogen) atoms. The average molecular weight is 882 g/mol. The van der Waals surface area contributed by atoms with Crippen LogP contribution in [0.15, 0.2) is 274 Å². The minimum Gasteiger partial charge on any atom is -0.311 e. The zero-order valence-corrected chi connectivity index (χ0v) is 38.0. The first-order valence-electron chi connectivity index (χ1n) is 23.5. The van der Waals surface area contributed by atoms with Crippen LogP contribution in [0.3, 0.4) is 0 Å². The smallest absolute Gasteiger partial charge is 0.0541 e. The van der Waals surface area contributed by atoms with Gasteiger partial charge in [0, 0.05) is 50.0 Å². The molecule has 12 rings (SSSR count). The molecule has 0 spiro atoms. The normalized spacial score (nSPS) is 11.9. The summed E-state index contributed by atoms with van der Waals surface area (Å²) in [5, 5.41) is 5.01. The Morgan fingerprint density at radius 1 is 0.362 bits per heavy atom. The Balaban J connectivity index is 0.885. The van der Waals surface area contributed by atoms with Gasteiger partial charge in [0.15, 0.2) is 0 Å². The van der Waals surface area contributed by atoms with E-state index in [0.29, 0.717) is 0 Å². The highest BCUT2D eigenvalue weighted by atomic mass is 15.1. The van der Waals surface area contributed by atoms with E-state index in [0.717, 1.165) is 56.3 Å². The largest absolute Gasteiger partial charge is 0.311 e. The molecule has 0 unspecified atom stereocenters. The van der Waals surface area contributed by atoms with E-state index in [4.69, 9.17) is 0 Å². The van der Waals surface area contributed by atoms with E-state index in [9.17, 15) is 0 Å². The lowest BCUT2D eigenvalue weighted by molar-refractivity contribution is 1.18. The zero-order chi connectivity index (χ0) is 46.1. The van der Waals surface area contributed by atoms with Gasteiger partial charge >= 0.3 is 0 Å². The van der Waals surface area contributed by atoms with Crippen LogP contribution in [0, 0.1) is 0 Å². The molecule has 0 fully saturated rings. The summed E-state index contributed by atoms with van der Waals surface area (Å²) in [6.45, 7) is 4.16. The second-order valence-corrected chi connectivity index (χ2v) is 17.4. The fourth-order valence-corrected chi connectivity index (χ4v) is 9.98. The van der Waals surface area contributed by atoms with Crippen LogP contribution in [0.25, 0.3) is 88.9 Å². The number of aromatic nitrogens is 2. The van der Waals surface area contributed by atoms with Crippen LogP contribution in [0.4, 0.5) is 17.1 Å². The Labute approximate surface area is 402 Å². The number of para-hydroxylation sites is 4. The van der Waals surface area contributed by atoms with Crippen molar-refractivity contribution in [3.63, 3.8) is 0 Å². The lowest BCUT2D eigenvalue weighted by Gasteiger charge is -2.26. The van der Waals surface area contributed by atoms with Crippen molar-refractivity contribution in [2.24, 2.45) is 0 Å². The molecule has 0 aliphatic heterocycles. The van der Waals surface area contributed by atoms with E-state index in [1.165, 1.54) is 54.7 Å². The molecule has 0 aliphatic rings. The number of hydrogen-bond acceptors (Lipinski definition) is 1. The molecule has 2 heterocycles. The Hall–Kier alpha value is -9.18. The van der Waals surface area contributed by atoms with Crippen molar-refractivity contribution in [1.82, 2.24) is 9.13 Å². The highest BCUT2D eigenvalue weighted by Crippen LogP contribution is 2.40. The number of hydrogen-bond donors (Lipinski definition) is 0. The SMILES string of the molecule is C=C/C(=C\C=C\c1ccccc1)c1ccc(N(c2ccc(-c3ccc(-n4c5ccccc5c5ccccc54)cc3)cc2)c2ccc(-c3ccc4c(c3)c3ccccc3n4-c3ccccc3)cc2)cc1. The van der Waals surface area contributed by atoms with Gasteiger partial charge in [0.1, 0.15) is 0 Å². The number of fused-ring (bicyclic) bond motifs is 6. The van der Waals surface area contributed by atoms with Gasteiger partial charge in [0.25, 0.3) is 0 Å². The fraction of sp³-hybridized carbons (Fsp3) is 0. The van der Waals surface area contributed by atoms with Gasteiger partial charge in [-0.2, -0.15) is 0 Å². The number of anilines is 3. The molecule has 0 amide bonds. The minimum atomic E-state index is 1.06. The zero-order valence-electron chi connectivity index (χ0n) is 38.0. The molecule has 10 aromatic carbocycles. The standard InChI is InChI=1S/C66H47N3/c1-2-48(19-15-18-47-16-5-3-6-17-47)49-28-37-55(38-29-49)67(56-39-30-50(31-40-56)51-32-43-58(44-33-51)69-63-25-12-9-22-59(63)60-23-10-13-26-64(60)69)57-41-34-52(35-42-57)53-36-45-66-62(46-53)61-24-11-14-27-65(61)68(66)54-20-7-4-8-21-54/h2-46H,1H2/b18-15+,48-19+. The van der Waals surface area contributed by atoms with Gasteiger partial charge in [-0.3, -0.25) is 0 Å². The second kappa shape index (κ2) is 17.9. The maximum absolute atomic E-state index is 4.16. The lowest BCUT2D eigenvalue weighted by atomic mass is 10.0. The van der Waals surface area contributed by atoms with Crippen LogP contribution in [-0.2, 0) is 0 Å².